The molecule has 1 heterocycles. The maximum atomic E-state index is 14.0. The van der Waals surface area contributed by atoms with Gasteiger partial charge in [-0.1, -0.05) is 0 Å². The lowest BCUT2D eigenvalue weighted by molar-refractivity contribution is 0.163. The summed E-state index contributed by atoms with van der Waals surface area (Å²) in [6.45, 7) is 6.72. The molecule has 0 bridgehead atoms. The van der Waals surface area contributed by atoms with Gasteiger partial charge < -0.3 is 10.2 Å². The predicted molar refractivity (Wildman–Crippen MR) is 77.8 cm³/mol. The number of rotatable bonds is 3. The molecule has 0 aromatic heterocycles. The second-order valence-electron chi connectivity index (χ2n) is 6.06. The van der Waals surface area contributed by atoms with Crippen molar-refractivity contribution in [3.05, 3.63) is 34.9 Å². The zero-order valence-electron chi connectivity index (χ0n) is 12.7. The fourth-order valence-corrected chi connectivity index (χ4v) is 2.88. The zero-order chi connectivity index (χ0) is 14.9. The highest BCUT2D eigenvalue weighted by Crippen LogP contribution is 2.23. The quantitative estimate of drug-likeness (QED) is 0.914. The van der Waals surface area contributed by atoms with E-state index in [0.29, 0.717) is 23.2 Å². The van der Waals surface area contributed by atoms with Crippen LogP contribution in [-0.2, 0) is 0 Å². The summed E-state index contributed by atoms with van der Waals surface area (Å²) in [5, 5.41) is 3.44. The van der Waals surface area contributed by atoms with Crippen LogP contribution in [-0.4, -0.2) is 30.6 Å². The first-order valence-corrected chi connectivity index (χ1v) is 7.30. The summed E-state index contributed by atoms with van der Waals surface area (Å²) in [4.78, 5) is 2.33. The Labute approximate surface area is 120 Å². The summed E-state index contributed by atoms with van der Waals surface area (Å²) in [6.07, 6.45) is 2.08. The molecule has 0 radical (unpaired) electrons. The van der Waals surface area contributed by atoms with E-state index in [0.717, 1.165) is 19.4 Å². The molecule has 112 valence electrons. The molecule has 1 aliphatic heterocycles. The van der Waals surface area contributed by atoms with Gasteiger partial charge >= 0.3 is 0 Å². The van der Waals surface area contributed by atoms with Crippen molar-refractivity contribution in [1.29, 1.82) is 0 Å². The fourth-order valence-electron chi connectivity index (χ4n) is 2.88. The van der Waals surface area contributed by atoms with Crippen LogP contribution >= 0.6 is 0 Å². The third-order valence-corrected chi connectivity index (χ3v) is 4.44. The standard InChI is InChI=1S/C16H24F2N2/c1-10-7-16(18)14(9-15(10)17)12(3)19-13-5-6-20(4)11(2)8-13/h7,9,11-13,19H,5-6,8H2,1-4H3. The zero-order valence-corrected chi connectivity index (χ0v) is 12.7. The molecule has 3 unspecified atom stereocenters. The van der Waals surface area contributed by atoms with Crippen LogP contribution in [0, 0.1) is 18.6 Å². The van der Waals surface area contributed by atoms with E-state index in [2.05, 4.69) is 24.2 Å². The molecule has 1 N–H and O–H groups in total. The molecule has 4 heteroatoms. The molecule has 1 aliphatic rings. The summed E-state index contributed by atoms with van der Waals surface area (Å²) in [7, 11) is 2.12. The molecule has 0 amide bonds. The van der Waals surface area contributed by atoms with Gasteiger partial charge in [0, 0.05) is 23.7 Å². The Hall–Kier alpha value is -1.00. The van der Waals surface area contributed by atoms with Gasteiger partial charge in [-0.05, 0) is 64.9 Å². The molecule has 3 atom stereocenters. The number of piperidine rings is 1. The van der Waals surface area contributed by atoms with Crippen molar-refractivity contribution in [2.24, 2.45) is 0 Å². The van der Waals surface area contributed by atoms with Crippen LogP contribution in [0.1, 0.15) is 43.9 Å². The summed E-state index contributed by atoms with van der Waals surface area (Å²) >= 11 is 0. The van der Waals surface area contributed by atoms with Gasteiger partial charge in [0.1, 0.15) is 11.6 Å². The molecule has 20 heavy (non-hydrogen) atoms. The topological polar surface area (TPSA) is 15.3 Å². The van der Waals surface area contributed by atoms with Crippen LogP contribution < -0.4 is 5.32 Å². The molecular formula is C16H24F2N2. The number of aryl methyl sites for hydroxylation is 1. The van der Waals surface area contributed by atoms with Gasteiger partial charge in [0.2, 0.25) is 0 Å². The molecule has 2 rings (SSSR count). The third kappa shape index (κ3) is 3.36. The molecule has 0 saturated carbocycles. The molecule has 1 aromatic rings. The molecule has 1 aromatic carbocycles. The number of likely N-dealkylation sites (tertiary alicyclic amines) is 1. The van der Waals surface area contributed by atoms with Crippen molar-refractivity contribution in [2.75, 3.05) is 13.6 Å². The van der Waals surface area contributed by atoms with Crippen LogP contribution in [0.3, 0.4) is 0 Å². The number of nitrogens with zero attached hydrogens (tertiary/aromatic N) is 1. The average Bonchev–Trinajstić information content (AvgIpc) is 2.38. The van der Waals surface area contributed by atoms with E-state index >= 15 is 0 Å². The lowest BCUT2D eigenvalue weighted by atomic mass is 9.96. The number of halogens is 2. The second kappa shape index (κ2) is 6.19. The summed E-state index contributed by atoms with van der Waals surface area (Å²) in [5.41, 5.74) is 0.769. The van der Waals surface area contributed by atoms with Crippen LogP contribution in [0.2, 0.25) is 0 Å². The Kier molecular flexibility index (Phi) is 4.76. The first-order valence-electron chi connectivity index (χ1n) is 7.30. The van der Waals surface area contributed by atoms with E-state index in [4.69, 9.17) is 0 Å². The normalized spacial score (nSPS) is 25.7. The van der Waals surface area contributed by atoms with Gasteiger partial charge in [-0.15, -0.1) is 0 Å². The monoisotopic (exact) mass is 282 g/mol. The van der Waals surface area contributed by atoms with E-state index in [-0.39, 0.29) is 17.7 Å². The van der Waals surface area contributed by atoms with E-state index < -0.39 is 0 Å². The van der Waals surface area contributed by atoms with Gasteiger partial charge in [0.05, 0.1) is 0 Å². The smallest absolute Gasteiger partial charge is 0.128 e. The summed E-state index contributed by atoms with van der Waals surface area (Å²) in [6, 6.07) is 3.31. The maximum absolute atomic E-state index is 14.0. The van der Waals surface area contributed by atoms with Crippen LogP contribution in [0.15, 0.2) is 12.1 Å². The molecule has 1 fully saturated rings. The highest BCUT2D eigenvalue weighted by atomic mass is 19.1. The van der Waals surface area contributed by atoms with Crippen LogP contribution in [0.4, 0.5) is 8.78 Å². The van der Waals surface area contributed by atoms with Gasteiger partial charge in [0.15, 0.2) is 0 Å². The minimum atomic E-state index is -0.341. The minimum Gasteiger partial charge on any atom is -0.307 e. The largest absolute Gasteiger partial charge is 0.307 e. The number of nitrogens with one attached hydrogen (secondary N) is 1. The SMILES string of the molecule is Cc1cc(F)c(C(C)NC2CCN(C)C(C)C2)cc1F. The Morgan fingerprint density at radius 1 is 1.30 bits per heavy atom. The van der Waals surface area contributed by atoms with Crippen LogP contribution in [0.25, 0.3) is 0 Å². The molecule has 0 spiro atoms. The average molecular weight is 282 g/mol. The molecule has 0 aliphatic carbocycles. The van der Waals surface area contributed by atoms with E-state index in [1.54, 1.807) is 6.92 Å². The van der Waals surface area contributed by atoms with Crippen molar-refractivity contribution in [3.8, 4) is 0 Å². The van der Waals surface area contributed by atoms with Gasteiger partial charge in [-0.2, -0.15) is 0 Å². The highest BCUT2D eigenvalue weighted by molar-refractivity contribution is 5.27. The molecular weight excluding hydrogens is 258 g/mol. The van der Waals surface area contributed by atoms with Gasteiger partial charge in [0.25, 0.3) is 0 Å². The van der Waals surface area contributed by atoms with Gasteiger partial charge in [-0.25, -0.2) is 8.78 Å². The predicted octanol–water partition coefficient (Wildman–Crippen LogP) is 3.41. The van der Waals surface area contributed by atoms with Crippen molar-refractivity contribution < 1.29 is 8.78 Å². The van der Waals surface area contributed by atoms with E-state index in [9.17, 15) is 8.78 Å². The van der Waals surface area contributed by atoms with Crippen LogP contribution in [0.5, 0.6) is 0 Å². The summed E-state index contributed by atoms with van der Waals surface area (Å²) < 4.78 is 27.6. The van der Waals surface area contributed by atoms with Crippen molar-refractivity contribution in [1.82, 2.24) is 10.2 Å². The number of benzene rings is 1. The summed E-state index contributed by atoms with van der Waals surface area (Å²) in [5.74, 6) is -0.670. The van der Waals surface area contributed by atoms with E-state index in [1.807, 2.05) is 6.92 Å². The Balaban J connectivity index is 2.05. The maximum Gasteiger partial charge on any atom is 0.128 e. The Morgan fingerprint density at radius 3 is 2.65 bits per heavy atom. The Bertz CT molecular complexity index is 476. The van der Waals surface area contributed by atoms with Crippen molar-refractivity contribution in [2.45, 2.75) is 51.7 Å². The minimum absolute atomic E-state index is 0.175. The Morgan fingerprint density at radius 2 is 2.00 bits per heavy atom. The van der Waals surface area contributed by atoms with Crippen molar-refractivity contribution in [3.63, 3.8) is 0 Å². The number of hydrogen-bond acceptors (Lipinski definition) is 2. The second-order valence-corrected chi connectivity index (χ2v) is 6.06. The van der Waals surface area contributed by atoms with Gasteiger partial charge in [-0.3, -0.25) is 0 Å². The lowest BCUT2D eigenvalue weighted by Crippen LogP contribution is -2.46. The number of hydrogen-bond donors (Lipinski definition) is 1. The highest BCUT2D eigenvalue weighted by Gasteiger charge is 2.25. The third-order valence-electron chi connectivity index (χ3n) is 4.44. The fraction of sp³-hybridized carbons (Fsp3) is 0.625. The van der Waals surface area contributed by atoms with E-state index in [1.165, 1.54) is 12.1 Å². The molecule has 2 nitrogen and oxygen atoms in total. The lowest BCUT2D eigenvalue weighted by Gasteiger charge is -2.36. The first-order chi connectivity index (χ1) is 9.38. The first kappa shape index (κ1) is 15.4. The van der Waals surface area contributed by atoms with Crippen molar-refractivity contribution >= 4 is 0 Å². The molecule has 1 saturated heterocycles.